The van der Waals surface area contributed by atoms with Crippen molar-refractivity contribution >= 4 is 46.2 Å². The zero-order chi connectivity index (χ0) is 21.3. The maximum absolute atomic E-state index is 13.1. The van der Waals surface area contributed by atoms with Crippen molar-refractivity contribution in [2.24, 2.45) is 4.99 Å². The molecule has 1 heterocycles. The van der Waals surface area contributed by atoms with Crippen LogP contribution in [0.15, 0.2) is 71.7 Å². The smallest absolute Gasteiger partial charge is 0.278 e. The van der Waals surface area contributed by atoms with Crippen molar-refractivity contribution in [1.82, 2.24) is 0 Å². The lowest BCUT2D eigenvalue weighted by molar-refractivity contribution is -0.118. The predicted octanol–water partition coefficient (Wildman–Crippen LogP) is 5.06. The molecule has 0 bridgehead atoms. The van der Waals surface area contributed by atoms with E-state index >= 15 is 0 Å². The number of para-hydroxylation sites is 1. The average Bonchev–Trinajstić information content (AvgIpc) is 2.98. The van der Waals surface area contributed by atoms with Crippen molar-refractivity contribution in [2.45, 2.75) is 13.8 Å². The first-order chi connectivity index (χ1) is 14.4. The number of nitrogens with one attached hydrogen (secondary N) is 1. The molecule has 0 atom stereocenters. The van der Waals surface area contributed by atoms with E-state index in [4.69, 9.17) is 11.6 Å². The molecule has 0 unspecified atom stereocenters. The Morgan fingerprint density at radius 1 is 1.03 bits per heavy atom. The molecule has 0 aliphatic carbocycles. The molecule has 0 aromatic heterocycles. The lowest BCUT2D eigenvalue weighted by atomic mass is 10.1. The van der Waals surface area contributed by atoms with Crippen molar-refractivity contribution in [2.75, 3.05) is 16.8 Å². The Morgan fingerprint density at radius 3 is 2.50 bits per heavy atom. The molecule has 5 nitrogen and oxygen atoms in total. The molecule has 0 fully saturated rings. The van der Waals surface area contributed by atoms with E-state index in [0.29, 0.717) is 27.7 Å². The molecule has 30 heavy (non-hydrogen) atoms. The normalized spacial score (nSPS) is 14.2. The van der Waals surface area contributed by atoms with E-state index in [1.807, 2.05) is 56.3 Å². The number of hydrogen-bond donors (Lipinski definition) is 1. The second-order valence-corrected chi connectivity index (χ2v) is 7.65. The summed E-state index contributed by atoms with van der Waals surface area (Å²) in [6.07, 6.45) is 0. The van der Waals surface area contributed by atoms with Gasteiger partial charge in [0.05, 0.1) is 11.4 Å². The van der Waals surface area contributed by atoms with E-state index < -0.39 is 0 Å². The van der Waals surface area contributed by atoms with Gasteiger partial charge in [-0.05, 0) is 55.8 Å². The minimum Gasteiger partial charge on any atom is -0.324 e. The fourth-order valence-corrected chi connectivity index (χ4v) is 3.58. The highest BCUT2D eigenvalue weighted by atomic mass is 35.5. The number of benzene rings is 3. The number of rotatable bonds is 4. The first-order valence-electron chi connectivity index (χ1n) is 9.55. The number of aryl methyl sites for hydroxylation is 2. The number of aliphatic imine (C=N–C) groups is 1. The molecule has 0 saturated carbocycles. The molecule has 0 spiro atoms. The maximum Gasteiger partial charge on any atom is 0.278 e. The molecule has 1 N–H and O–H groups in total. The highest BCUT2D eigenvalue weighted by Crippen LogP contribution is 2.31. The van der Waals surface area contributed by atoms with Crippen LogP contribution in [0.4, 0.5) is 17.1 Å². The molecule has 4 rings (SSSR count). The van der Waals surface area contributed by atoms with Crippen LogP contribution in [0.5, 0.6) is 0 Å². The number of carbonyl (C=O) groups is 2. The molecule has 0 saturated heterocycles. The summed E-state index contributed by atoms with van der Waals surface area (Å²) < 4.78 is 0. The molecule has 150 valence electrons. The number of amides is 2. The van der Waals surface area contributed by atoms with Gasteiger partial charge >= 0.3 is 0 Å². The Hall–Kier alpha value is -3.44. The molecule has 1 aliphatic rings. The van der Waals surface area contributed by atoms with Crippen LogP contribution in [0.2, 0.25) is 5.02 Å². The van der Waals surface area contributed by atoms with E-state index in [1.165, 1.54) is 4.90 Å². The zero-order valence-electron chi connectivity index (χ0n) is 16.6. The Bertz CT molecular complexity index is 1170. The second-order valence-electron chi connectivity index (χ2n) is 7.21. The van der Waals surface area contributed by atoms with Crippen LogP contribution < -0.4 is 10.2 Å². The molecule has 2 amide bonds. The molecule has 3 aromatic rings. The lowest BCUT2D eigenvalue weighted by Gasteiger charge is -2.17. The van der Waals surface area contributed by atoms with Crippen molar-refractivity contribution in [3.8, 4) is 0 Å². The molecule has 0 radical (unpaired) electrons. The highest BCUT2D eigenvalue weighted by Gasteiger charge is 2.34. The van der Waals surface area contributed by atoms with Gasteiger partial charge in [0.25, 0.3) is 5.91 Å². The number of carbonyl (C=O) groups excluding carboxylic acids is 2. The van der Waals surface area contributed by atoms with Gasteiger partial charge in [0, 0.05) is 16.3 Å². The first-order valence-corrected chi connectivity index (χ1v) is 9.93. The summed E-state index contributed by atoms with van der Waals surface area (Å²) in [5, 5.41) is 3.50. The van der Waals surface area contributed by atoms with Gasteiger partial charge in [-0.15, -0.1) is 0 Å². The van der Waals surface area contributed by atoms with Crippen molar-refractivity contribution < 1.29 is 9.59 Å². The quantitative estimate of drug-likeness (QED) is 0.644. The molecular formula is C24H20ClN3O2. The first kappa shape index (κ1) is 19.9. The van der Waals surface area contributed by atoms with Gasteiger partial charge < -0.3 is 5.32 Å². The summed E-state index contributed by atoms with van der Waals surface area (Å²) in [6.45, 7) is 3.85. The Kier molecular flexibility index (Phi) is 5.38. The van der Waals surface area contributed by atoms with Crippen LogP contribution in [0.25, 0.3) is 0 Å². The minimum absolute atomic E-state index is 0.0944. The average molecular weight is 418 g/mol. The lowest BCUT2D eigenvalue weighted by Crippen LogP contribution is -2.37. The van der Waals surface area contributed by atoms with Gasteiger partial charge in [0.2, 0.25) is 5.91 Å². The second kappa shape index (κ2) is 8.13. The van der Waals surface area contributed by atoms with Crippen LogP contribution >= 0.6 is 11.6 Å². The predicted molar refractivity (Wildman–Crippen MR) is 121 cm³/mol. The summed E-state index contributed by atoms with van der Waals surface area (Å²) in [5.41, 5.74) is 5.15. The molecule has 6 heteroatoms. The highest BCUT2D eigenvalue weighted by molar-refractivity contribution is 6.55. The SMILES string of the molecule is Cc1ccc(NC(=O)CN2C(=O)C(=Nc3ccc(Cl)cc3)c3ccccc32)c(C)c1. The van der Waals surface area contributed by atoms with E-state index in [2.05, 4.69) is 10.3 Å². The number of halogens is 1. The van der Waals surface area contributed by atoms with Gasteiger partial charge in [0.15, 0.2) is 0 Å². The summed E-state index contributed by atoms with van der Waals surface area (Å²) in [4.78, 5) is 31.8. The summed E-state index contributed by atoms with van der Waals surface area (Å²) in [7, 11) is 0. The zero-order valence-corrected chi connectivity index (χ0v) is 17.4. The molecule has 1 aliphatic heterocycles. The van der Waals surface area contributed by atoms with Gasteiger partial charge in [-0.1, -0.05) is 47.5 Å². The van der Waals surface area contributed by atoms with E-state index in [0.717, 1.165) is 16.8 Å². The molecule has 3 aromatic carbocycles. The number of anilines is 2. The Morgan fingerprint density at radius 2 is 1.77 bits per heavy atom. The number of fused-ring (bicyclic) bond motifs is 1. The van der Waals surface area contributed by atoms with Crippen LogP contribution in [-0.4, -0.2) is 24.1 Å². The summed E-state index contributed by atoms with van der Waals surface area (Å²) >= 11 is 5.94. The third-order valence-corrected chi connectivity index (χ3v) is 5.17. The largest absolute Gasteiger partial charge is 0.324 e. The van der Waals surface area contributed by atoms with Crippen molar-refractivity contribution in [3.63, 3.8) is 0 Å². The van der Waals surface area contributed by atoms with Gasteiger partial charge in [-0.25, -0.2) is 4.99 Å². The van der Waals surface area contributed by atoms with Crippen LogP contribution in [0.1, 0.15) is 16.7 Å². The van der Waals surface area contributed by atoms with Crippen molar-refractivity contribution in [3.05, 3.63) is 88.4 Å². The fourth-order valence-electron chi connectivity index (χ4n) is 3.46. The standard InChI is InChI=1S/C24H20ClN3O2/c1-15-7-12-20(16(2)13-15)27-22(29)14-28-21-6-4-3-5-19(21)23(24(28)30)26-18-10-8-17(25)9-11-18/h3-13H,14H2,1-2H3,(H,27,29). The third kappa shape index (κ3) is 3.98. The van der Waals surface area contributed by atoms with Gasteiger partial charge in [-0.3, -0.25) is 14.5 Å². The van der Waals surface area contributed by atoms with E-state index in [1.54, 1.807) is 24.3 Å². The van der Waals surface area contributed by atoms with Crippen LogP contribution in [0.3, 0.4) is 0 Å². The monoisotopic (exact) mass is 417 g/mol. The maximum atomic E-state index is 13.1. The Labute approximate surface area is 180 Å². The Balaban J connectivity index is 1.60. The summed E-state index contributed by atoms with van der Waals surface area (Å²) in [5.74, 6) is -0.570. The topological polar surface area (TPSA) is 61.8 Å². The third-order valence-electron chi connectivity index (χ3n) is 4.92. The minimum atomic E-state index is -0.304. The molecular weight excluding hydrogens is 398 g/mol. The van der Waals surface area contributed by atoms with E-state index in [9.17, 15) is 9.59 Å². The fraction of sp³-hybridized carbons (Fsp3) is 0.125. The summed E-state index contributed by atoms with van der Waals surface area (Å²) in [6, 6.07) is 20.1. The van der Waals surface area contributed by atoms with Gasteiger partial charge in [0.1, 0.15) is 12.3 Å². The van der Waals surface area contributed by atoms with Gasteiger partial charge in [-0.2, -0.15) is 0 Å². The van der Waals surface area contributed by atoms with Crippen molar-refractivity contribution in [1.29, 1.82) is 0 Å². The number of nitrogens with zero attached hydrogens (tertiary/aromatic N) is 2. The van der Waals surface area contributed by atoms with E-state index in [-0.39, 0.29) is 18.4 Å². The van der Waals surface area contributed by atoms with Crippen LogP contribution in [-0.2, 0) is 9.59 Å². The van der Waals surface area contributed by atoms with Crippen LogP contribution in [0, 0.1) is 13.8 Å². The number of hydrogen-bond acceptors (Lipinski definition) is 3.